The minimum atomic E-state index is 0.884. The van der Waals surface area contributed by atoms with Crippen LogP contribution in [0.2, 0.25) is 0 Å². The Labute approximate surface area is 53.9 Å². The Kier molecular flexibility index (Phi) is 1.40. The van der Waals surface area contributed by atoms with Crippen molar-refractivity contribution in [2.75, 3.05) is 12.1 Å². The number of hydrogen-bond donors (Lipinski definition) is 2. The summed E-state index contributed by atoms with van der Waals surface area (Å²) in [6.07, 6.45) is 3.73. The molecule has 0 saturated heterocycles. The average molecular weight is 127 g/mol. The second kappa shape index (κ2) is 2.06. The summed E-state index contributed by atoms with van der Waals surface area (Å²) < 4.78 is 1.90. The molecule has 0 aliphatic rings. The molecule has 0 aromatic carbocycles. The first kappa shape index (κ1) is 6.10. The van der Waals surface area contributed by atoms with Crippen molar-refractivity contribution in [1.82, 2.24) is 4.98 Å². The van der Waals surface area contributed by atoms with E-state index in [0.29, 0.717) is 0 Å². The van der Waals surface area contributed by atoms with Crippen molar-refractivity contribution in [2.24, 2.45) is 12.9 Å². The van der Waals surface area contributed by atoms with Crippen molar-refractivity contribution in [3.8, 4) is 0 Å². The number of H-pyrrole nitrogens is 1. The summed E-state index contributed by atoms with van der Waals surface area (Å²) in [5, 5.41) is 1.53. The summed E-state index contributed by atoms with van der Waals surface area (Å²) in [6, 6.07) is 0. The molecule has 1 rings (SSSR count). The van der Waals surface area contributed by atoms with Crippen molar-refractivity contribution in [2.45, 2.75) is 0 Å². The number of aromatic amines is 1. The van der Waals surface area contributed by atoms with E-state index in [1.54, 1.807) is 7.05 Å². The number of hydrazine groups is 1. The number of nitrogens with one attached hydrogen (secondary N) is 1. The molecule has 0 aliphatic carbocycles. The maximum absolute atomic E-state index is 5.44. The Bertz CT molecular complexity index is 191. The van der Waals surface area contributed by atoms with Crippen LogP contribution >= 0.6 is 0 Å². The van der Waals surface area contributed by atoms with Crippen LogP contribution in [0, 0.1) is 0 Å². The zero-order valence-electron chi connectivity index (χ0n) is 5.63. The van der Waals surface area contributed by atoms with Crippen LogP contribution in [-0.2, 0) is 7.05 Å². The highest BCUT2D eigenvalue weighted by atomic mass is 15.5. The Morgan fingerprint density at radius 3 is 2.67 bits per heavy atom. The minimum Gasteiger partial charge on any atom is -0.247 e. The highest BCUT2D eigenvalue weighted by Gasteiger charge is 2.07. The molecule has 1 aromatic rings. The van der Waals surface area contributed by atoms with Crippen LogP contribution in [0.4, 0.5) is 5.95 Å². The van der Waals surface area contributed by atoms with Crippen LogP contribution in [0.5, 0.6) is 0 Å². The third kappa shape index (κ3) is 1.02. The standard InChI is InChI=1S/C5H10N4/c1-8-4-3-7-5(8)9(2)6/h3-4H,6H2,1-2H3/p+1. The van der Waals surface area contributed by atoms with Crippen molar-refractivity contribution < 1.29 is 4.57 Å². The van der Waals surface area contributed by atoms with E-state index in [0.717, 1.165) is 5.95 Å². The summed E-state index contributed by atoms with van der Waals surface area (Å²) in [5.41, 5.74) is 0. The Hall–Kier alpha value is -1.03. The van der Waals surface area contributed by atoms with Gasteiger partial charge in [0.15, 0.2) is 0 Å². The molecule has 0 saturated carbocycles. The van der Waals surface area contributed by atoms with E-state index in [4.69, 9.17) is 5.84 Å². The molecule has 4 heteroatoms. The molecule has 9 heavy (non-hydrogen) atoms. The van der Waals surface area contributed by atoms with Gasteiger partial charge >= 0.3 is 5.95 Å². The summed E-state index contributed by atoms with van der Waals surface area (Å²) >= 11 is 0. The Balaban J connectivity index is 2.94. The molecule has 0 fully saturated rings. The molecule has 4 nitrogen and oxygen atoms in total. The van der Waals surface area contributed by atoms with E-state index < -0.39 is 0 Å². The zero-order valence-corrected chi connectivity index (χ0v) is 5.63. The number of aryl methyl sites for hydroxylation is 1. The van der Waals surface area contributed by atoms with E-state index in [1.165, 1.54) is 5.01 Å². The first-order chi connectivity index (χ1) is 4.22. The lowest BCUT2D eigenvalue weighted by Crippen LogP contribution is -2.39. The predicted octanol–water partition coefficient (Wildman–Crippen LogP) is -0.851. The van der Waals surface area contributed by atoms with Gasteiger partial charge < -0.3 is 0 Å². The quantitative estimate of drug-likeness (QED) is 0.293. The molecule has 0 bridgehead atoms. The number of nitrogens with zero attached hydrogens (tertiary/aromatic N) is 2. The second-order valence-corrected chi connectivity index (χ2v) is 2.01. The number of rotatable bonds is 1. The van der Waals surface area contributed by atoms with Crippen LogP contribution in [0.15, 0.2) is 12.4 Å². The summed E-state index contributed by atoms with van der Waals surface area (Å²) in [7, 11) is 3.71. The number of hydrogen-bond acceptors (Lipinski definition) is 2. The SMILES string of the molecule is CN(N)c1[nH]cc[n+]1C. The largest absolute Gasteiger partial charge is 0.373 e. The minimum absolute atomic E-state index is 0.884. The normalized spacial score (nSPS) is 9.67. The number of anilines is 1. The van der Waals surface area contributed by atoms with Gasteiger partial charge in [0.1, 0.15) is 0 Å². The zero-order chi connectivity index (χ0) is 6.85. The smallest absolute Gasteiger partial charge is 0.247 e. The first-order valence-corrected chi connectivity index (χ1v) is 2.73. The fraction of sp³-hybridized carbons (Fsp3) is 0.400. The number of aromatic nitrogens is 2. The van der Waals surface area contributed by atoms with E-state index in [1.807, 2.05) is 24.0 Å². The van der Waals surface area contributed by atoms with E-state index >= 15 is 0 Å². The fourth-order valence-corrected chi connectivity index (χ4v) is 0.747. The molecule has 0 radical (unpaired) electrons. The maximum Gasteiger partial charge on any atom is 0.373 e. The van der Waals surface area contributed by atoms with Crippen LogP contribution in [0.25, 0.3) is 0 Å². The lowest BCUT2D eigenvalue weighted by atomic mass is 10.9. The van der Waals surface area contributed by atoms with Gasteiger partial charge in [-0.15, -0.1) is 0 Å². The third-order valence-corrected chi connectivity index (χ3v) is 1.18. The van der Waals surface area contributed by atoms with Gasteiger partial charge in [-0.3, -0.25) is 0 Å². The summed E-state index contributed by atoms with van der Waals surface area (Å²) in [4.78, 5) is 2.97. The van der Waals surface area contributed by atoms with Crippen LogP contribution in [0.1, 0.15) is 0 Å². The highest BCUT2D eigenvalue weighted by Crippen LogP contribution is 1.91. The molecule has 0 spiro atoms. The van der Waals surface area contributed by atoms with Crippen LogP contribution in [0.3, 0.4) is 0 Å². The van der Waals surface area contributed by atoms with Crippen LogP contribution < -0.4 is 15.4 Å². The lowest BCUT2D eigenvalue weighted by molar-refractivity contribution is -0.657. The molecular weight excluding hydrogens is 116 g/mol. The molecule has 0 unspecified atom stereocenters. The predicted molar refractivity (Wildman–Crippen MR) is 34.6 cm³/mol. The third-order valence-electron chi connectivity index (χ3n) is 1.18. The molecule has 0 aliphatic heterocycles. The molecule has 50 valence electrons. The van der Waals surface area contributed by atoms with Gasteiger partial charge in [0.2, 0.25) is 0 Å². The summed E-state index contributed by atoms with van der Waals surface area (Å²) in [5.74, 6) is 6.32. The monoisotopic (exact) mass is 127 g/mol. The Morgan fingerprint density at radius 1 is 1.78 bits per heavy atom. The van der Waals surface area contributed by atoms with Gasteiger partial charge in [-0.2, -0.15) is 10.9 Å². The van der Waals surface area contributed by atoms with Crippen molar-refractivity contribution in [1.29, 1.82) is 0 Å². The van der Waals surface area contributed by atoms with Gasteiger partial charge in [0.05, 0.1) is 26.5 Å². The maximum atomic E-state index is 5.44. The number of imidazole rings is 1. The van der Waals surface area contributed by atoms with Gasteiger partial charge in [-0.25, -0.2) is 9.55 Å². The summed E-state index contributed by atoms with van der Waals surface area (Å²) in [6.45, 7) is 0. The number of nitrogens with two attached hydrogens (primary N) is 1. The molecule has 0 amide bonds. The van der Waals surface area contributed by atoms with E-state index in [9.17, 15) is 0 Å². The molecule has 1 aromatic heterocycles. The fourth-order valence-electron chi connectivity index (χ4n) is 0.747. The van der Waals surface area contributed by atoms with Gasteiger partial charge in [0, 0.05) is 0 Å². The Morgan fingerprint density at radius 2 is 2.44 bits per heavy atom. The van der Waals surface area contributed by atoms with Gasteiger partial charge in [-0.05, 0) is 0 Å². The van der Waals surface area contributed by atoms with Crippen molar-refractivity contribution in [3.63, 3.8) is 0 Å². The topological polar surface area (TPSA) is 48.9 Å². The van der Waals surface area contributed by atoms with Crippen LogP contribution in [-0.4, -0.2) is 12.0 Å². The van der Waals surface area contributed by atoms with Gasteiger partial charge in [-0.1, -0.05) is 0 Å². The van der Waals surface area contributed by atoms with Crippen molar-refractivity contribution in [3.05, 3.63) is 12.4 Å². The second-order valence-electron chi connectivity index (χ2n) is 2.01. The average Bonchev–Trinajstić information content (AvgIpc) is 2.13. The molecule has 0 atom stereocenters. The van der Waals surface area contributed by atoms with E-state index in [2.05, 4.69) is 4.98 Å². The van der Waals surface area contributed by atoms with Gasteiger partial charge in [0.25, 0.3) is 0 Å². The van der Waals surface area contributed by atoms with E-state index in [-0.39, 0.29) is 0 Å². The molecule has 3 N–H and O–H groups in total. The van der Waals surface area contributed by atoms with Crippen molar-refractivity contribution >= 4 is 5.95 Å². The first-order valence-electron chi connectivity index (χ1n) is 2.73. The molecular formula is C5H11N4+. The highest BCUT2D eigenvalue weighted by molar-refractivity contribution is 5.16. The lowest BCUT2D eigenvalue weighted by Gasteiger charge is -2.00. The molecule has 1 heterocycles.